The highest BCUT2D eigenvalue weighted by atomic mass is 32.2. The third-order valence-corrected chi connectivity index (χ3v) is 6.30. The molecule has 2 heterocycles. The maximum Gasteiger partial charge on any atom is 0.243 e. The number of aromatic nitrogens is 4. The van der Waals surface area contributed by atoms with E-state index in [1.54, 1.807) is 30.3 Å². The van der Waals surface area contributed by atoms with Gasteiger partial charge in [0.2, 0.25) is 10.0 Å². The van der Waals surface area contributed by atoms with Gasteiger partial charge < -0.3 is 4.42 Å². The minimum atomic E-state index is -3.77. The lowest BCUT2D eigenvalue weighted by atomic mass is 10.2. The smallest absolute Gasteiger partial charge is 0.243 e. The second-order valence-corrected chi connectivity index (χ2v) is 8.48. The molecule has 148 valence electrons. The Kier molecular flexibility index (Phi) is 5.24. The van der Waals surface area contributed by atoms with Gasteiger partial charge in [-0.1, -0.05) is 30.3 Å². The quantitative estimate of drug-likeness (QED) is 0.466. The molecule has 0 fully saturated rings. The van der Waals surface area contributed by atoms with E-state index in [1.165, 1.54) is 21.6 Å². The van der Waals surface area contributed by atoms with Crippen LogP contribution in [0.2, 0.25) is 0 Å². The van der Waals surface area contributed by atoms with Crippen LogP contribution in [0, 0.1) is 6.92 Å². The second kappa shape index (κ2) is 7.98. The summed E-state index contributed by atoms with van der Waals surface area (Å²) in [6.45, 7) is 2.19. The van der Waals surface area contributed by atoms with Crippen molar-refractivity contribution >= 4 is 10.0 Å². The third-order valence-electron chi connectivity index (χ3n) is 4.52. The van der Waals surface area contributed by atoms with Gasteiger partial charge in [0, 0.05) is 6.54 Å². The summed E-state index contributed by atoms with van der Waals surface area (Å²) >= 11 is 0. The highest BCUT2D eigenvalue weighted by molar-refractivity contribution is 7.89. The molecule has 2 aromatic carbocycles. The Morgan fingerprint density at radius 2 is 1.86 bits per heavy atom. The standard InChI is InChI=1S/C20H19N5O3S/c1-16-12-19(9-10-20(16)25-15-21-22-23-25)29(26,27)24(14-18-8-5-11-28-18)13-17-6-3-2-4-7-17/h2-12,15H,13-14H2,1H3. The Morgan fingerprint density at radius 3 is 2.52 bits per heavy atom. The normalized spacial score (nSPS) is 11.8. The molecule has 4 rings (SSSR count). The van der Waals surface area contributed by atoms with Crippen LogP contribution in [0.25, 0.3) is 5.69 Å². The topological polar surface area (TPSA) is 94.1 Å². The molecule has 0 amide bonds. The van der Waals surface area contributed by atoms with Gasteiger partial charge in [0.15, 0.2) is 0 Å². The molecule has 29 heavy (non-hydrogen) atoms. The van der Waals surface area contributed by atoms with Crippen molar-refractivity contribution in [1.29, 1.82) is 0 Å². The predicted octanol–water partition coefficient (Wildman–Crippen LogP) is 2.95. The maximum absolute atomic E-state index is 13.5. The molecular formula is C20H19N5O3S. The minimum absolute atomic E-state index is 0.137. The van der Waals surface area contributed by atoms with Gasteiger partial charge in [0.1, 0.15) is 12.1 Å². The number of rotatable bonds is 7. The zero-order valence-electron chi connectivity index (χ0n) is 15.7. The fraction of sp³-hybridized carbons (Fsp3) is 0.150. The van der Waals surface area contributed by atoms with Crippen LogP contribution in [0.4, 0.5) is 0 Å². The van der Waals surface area contributed by atoms with Crippen molar-refractivity contribution in [3.63, 3.8) is 0 Å². The molecule has 0 aliphatic heterocycles. The SMILES string of the molecule is Cc1cc(S(=O)(=O)N(Cc2ccccc2)Cc2ccco2)ccc1-n1cnnn1. The molecule has 0 saturated carbocycles. The molecule has 0 N–H and O–H groups in total. The van der Waals surface area contributed by atoms with Crippen LogP contribution in [0.3, 0.4) is 0 Å². The van der Waals surface area contributed by atoms with E-state index in [2.05, 4.69) is 15.5 Å². The summed E-state index contributed by atoms with van der Waals surface area (Å²) in [4.78, 5) is 0.203. The van der Waals surface area contributed by atoms with Crippen molar-refractivity contribution in [2.75, 3.05) is 0 Å². The summed E-state index contributed by atoms with van der Waals surface area (Å²) in [5, 5.41) is 11.1. The average Bonchev–Trinajstić information content (AvgIpc) is 3.42. The molecule has 0 aliphatic carbocycles. The first-order valence-corrected chi connectivity index (χ1v) is 10.4. The number of nitrogens with zero attached hydrogens (tertiary/aromatic N) is 5. The molecule has 0 aliphatic rings. The fourth-order valence-corrected chi connectivity index (χ4v) is 4.54. The molecular weight excluding hydrogens is 390 g/mol. The van der Waals surface area contributed by atoms with Crippen LogP contribution in [0.5, 0.6) is 0 Å². The Bertz CT molecular complexity index is 1170. The van der Waals surface area contributed by atoms with Gasteiger partial charge in [-0.05, 0) is 58.8 Å². The lowest BCUT2D eigenvalue weighted by Gasteiger charge is -2.22. The largest absolute Gasteiger partial charge is 0.468 e. The molecule has 0 radical (unpaired) electrons. The van der Waals surface area contributed by atoms with E-state index in [9.17, 15) is 8.42 Å². The predicted molar refractivity (Wildman–Crippen MR) is 105 cm³/mol. The first-order valence-electron chi connectivity index (χ1n) is 8.94. The lowest BCUT2D eigenvalue weighted by Crippen LogP contribution is -2.30. The van der Waals surface area contributed by atoms with Crippen LogP contribution < -0.4 is 0 Å². The number of aryl methyl sites for hydroxylation is 1. The highest BCUT2D eigenvalue weighted by Gasteiger charge is 2.26. The molecule has 4 aromatic rings. The van der Waals surface area contributed by atoms with Gasteiger partial charge in [-0.15, -0.1) is 5.10 Å². The first-order chi connectivity index (χ1) is 14.0. The number of furan rings is 1. The Balaban J connectivity index is 1.69. The summed E-state index contributed by atoms with van der Waals surface area (Å²) in [7, 11) is -3.77. The molecule has 2 aromatic heterocycles. The number of benzene rings is 2. The molecule has 0 unspecified atom stereocenters. The number of hydrogen-bond donors (Lipinski definition) is 0. The van der Waals surface area contributed by atoms with Crippen molar-refractivity contribution in [3.8, 4) is 5.69 Å². The summed E-state index contributed by atoms with van der Waals surface area (Å²) in [6.07, 6.45) is 3.00. The second-order valence-electron chi connectivity index (χ2n) is 6.54. The van der Waals surface area contributed by atoms with E-state index < -0.39 is 10.0 Å². The Hall–Kier alpha value is -3.30. The lowest BCUT2D eigenvalue weighted by molar-refractivity contribution is 0.358. The van der Waals surface area contributed by atoms with Crippen LogP contribution in [-0.4, -0.2) is 32.9 Å². The van der Waals surface area contributed by atoms with E-state index in [0.717, 1.165) is 16.8 Å². The van der Waals surface area contributed by atoms with Gasteiger partial charge in [-0.2, -0.15) is 4.31 Å². The molecule has 8 nitrogen and oxygen atoms in total. The Morgan fingerprint density at radius 1 is 1.03 bits per heavy atom. The number of sulfonamides is 1. The van der Waals surface area contributed by atoms with Crippen molar-refractivity contribution < 1.29 is 12.8 Å². The number of tetrazole rings is 1. The monoisotopic (exact) mass is 409 g/mol. The summed E-state index contributed by atoms with van der Waals surface area (Å²) in [5.41, 5.74) is 2.36. The first kappa shape index (κ1) is 19.0. The zero-order valence-corrected chi connectivity index (χ0v) is 16.5. The number of hydrogen-bond acceptors (Lipinski definition) is 6. The van der Waals surface area contributed by atoms with E-state index >= 15 is 0 Å². The van der Waals surface area contributed by atoms with E-state index in [4.69, 9.17) is 4.42 Å². The molecule has 9 heteroatoms. The van der Waals surface area contributed by atoms with Crippen LogP contribution in [-0.2, 0) is 23.1 Å². The van der Waals surface area contributed by atoms with Crippen molar-refractivity contribution in [2.45, 2.75) is 24.9 Å². The molecule has 0 spiro atoms. The minimum Gasteiger partial charge on any atom is -0.468 e. The molecule has 0 atom stereocenters. The maximum atomic E-state index is 13.5. The van der Waals surface area contributed by atoms with E-state index in [1.807, 2.05) is 37.3 Å². The molecule has 0 bridgehead atoms. The van der Waals surface area contributed by atoms with Gasteiger partial charge in [0.05, 0.1) is 23.4 Å². The van der Waals surface area contributed by atoms with E-state index in [0.29, 0.717) is 5.76 Å². The van der Waals surface area contributed by atoms with Crippen molar-refractivity contribution in [2.24, 2.45) is 0 Å². The van der Waals surface area contributed by atoms with Crippen LogP contribution in [0.15, 0.2) is 82.6 Å². The van der Waals surface area contributed by atoms with Crippen LogP contribution in [0.1, 0.15) is 16.9 Å². The summed E-state index contributed by atoms with van der Waals surface area (Å²) < 4.78 is 35.2. The van der Waals surface area contributed by atoms with Gasteiger partial charge in [0.25, 0.3) is 0 Å². The summed E-state index contributed by atoms with van der Waals surface area (Å²) in [5.74, 6) is 0.575. The fourth-order valence-electron chi connectivity index (χ4n) is 3.06. The summed E-state index contributed by atoms with van der Waals surface area (Å²) in [6, 6.07) is 17.9. The van der Waals surface area contributed by atoms with Crippen molar-refractivity contribution in [1.82, 2.24) is 24.5 Å². The zero-order chi connectivity index (χ0) is 20.3. The highest BCUT2D eigenvalue weighted by Crippen LogP contribution is 2.24. The molecule has 0 saturated heterocycles. The van der Waals surface area contributed by atoms with Gasteiger partial charge >= 0.3 is 0 Å². The van der Waals surface area contributed by atoms with Gasteiger partial charge in [-0.25, -0.2) is 13.1 Å². The average molecular weight is 409 g/mol. The Labute approximate surface area is 168 Å². The van der Waals surface area contributed by atoms with E-state index in [-0.39, 0.29) is 18.0 Å². The van der Waals surface area contributed by atoms with Gasteiger partial charge in [-0.3, -0.25) is 0 Å². The third kappa shape index (κ3) is 4.10. The van der Waals surface area contributed by atoms with Crippen molar-refractivity contribution in [3.05, 3.63) is 90.1 Å². The van der Waals surface area contributed by atoms with Crippen LogP contribution >= 0.6 is 0 Å².